The molecule has 0 spiro atoms. The highest BCUT2D eigenvalue weighted by Gasteiger charge is 2.10. The number of rotatable bonds is 6. The minimum Gasteiger partial charge on any atom is -0.308 e. The van der Waals surface area contributed by atoms with Crippen LogP contribution in [0.15, 0.2) is 6.07 Å². The van der Waals surface area contributed by atoms with Gasteiger partial charge in [-0.2, -0.15) is 5.10 Å². The van der Waals surface area contributed by atoms with Gasteiger partial charge in [0.25, 0.3) is 0 Å². The molecule has 1 aromatic rings. The van der Waals surface area contributed by atoms with Crippen molar-refractivity contribution in [3.63, 3.8) is 0 Å². The lowest BCUT2D eigenvalue weighted by Crippen LogP contribution is -2.31. The van der Waals surface area contributed by atoms with Crippen LogP contribution >= 0.6 is 0 Å². The first-order chi connectivity index (χ1) is 7.58. The van der Waals surface area contributed by atoms with Crippen LogP contribution in [0.1, 0.15) is 45.5 Å². The Labute approximate surface area is 99.2 Å². The average Bonchev–Trinajstić information content (AvgIpc) is 2.65. The fraction of sp³-hybridized carbons (Fsp3) is 0.769. The molecule has 1 rings (SSSR count). The molecule has 0 bridgehead atoms. The number of aryl methyl sites for hydroxylation is 2. The minimum atomic E-state index is 0.560. The number of nitrogens with one attached hydrogen (secondary N) is 1. The van der Waals surface area contributed by atoms with Crippen LogP contribution in [0, 0.1) is 5.92 Å². The third-order valence-corrected chi connectivity index (χ3v) is 3.49. The molecule has 1 N–H and O–H groups in total. The molecule has 0 aliphatic rings. The summed E-state index contributed by atoms with van der Waals surface area (Å²) in [5, 5.41) is 8.02. The van der Waals surface area contributed by atoms with E-state index in [-0.39, 0.29) is 0 Å². The predicted molar refractivity (Wildman–Crippen MR) is 68.3 cm³/mol. The maximum Gasteiger partial charge on any atom is 0.0625 e. The van der Waals surface area contributed by atoms with Crippen molar-refractivity contribution in [2.24, 2.45) is 13.0 Å². The van der Waals surface area contributed by atoms with Crippen molar-refractivity contribution in [1.82, 2.24) is 15.1 Å². The Hall–Kier alpha value is -0.830. The van der Waals surface area contributed by atoms with Crippen molar-refractivity contribution < 1.29 is 0 Å². The van der Waals surface area contributed by atoms with Crippen LogP contribution in [0.3, 0.4) is 0 Å². The molecular weight excluding hydrogens is 198 g/mol. The molecule has 0 saturated heterocycles. The largest absolute Gasteiger partial charge is 0.308 e. The first kappa shape index (κ1) is 13.2. The number of hydrogen-bond acceptors (Lipinski definition) is 2. The van der Waals surface area contributed by atoms with E-state index in [1.165, 1.54) is 17.8 Å². The molecule has 2 atom stereocenters. The molecular formula is C13H25N3. The second-order valence-corrected chi connectivity index (χ2v) is 4.66. The zero-order chi connectivity index (χ0) is 12.1. The zero-order valence-electron chi connectivity index (χ0n) is 11.2. The summed E-state index contributed by atoms with van der Waals surface area (Å²) >= 11 is 0. The van der Waals surface area contributed by atoms with E-state index in [4.69, 9.17) is 0 Å². The van der Waals surface area contributed by atoms with Gasteiger partial charge in [0, 0.05) is 19.6 Å². The molecule has 0 aliphatic heterocycles. The van der Waals surface area contributed by atoms with Crippen LogP contribution in [0.25, 0.3) is 0 Å². The molecule has 0 aliphatic carbocycles. The van der Waals surface area contributed by atoms with E-state index < -0.39 is 0 Å². The fourth-order valence-electron chi connectivity index (χ4n) is 1.73. The second kappa shape index (κ2) is 6.04. The lowest BCUT2D eigenvalue weighted by molar-refractivity contribution is 0.385. The summed E-state index contributed by atoms with van der Waals surface area (Å²) in [6.07, 6.45) is 2.23. The van der Waals surface area contributed by atoms with Crippen LogP contribution in [0.5, 0.6) is 0 Å². The monoisotopic (exact) mass is 223 g/mol. The van der Waals surface area contributed by atoms with Crippen molar-refractivity contribution >= 4 is 0 Å². The fourth-order valence-corrected chi connectivity index (χ4v) is 1.73. The van der Waals surface area contributed by atoms with Gasteiger partial charge in [-0.15, -0.1) is 0 Å². The molecule has 3 heteroatoms. The highest BCUT2D eigenvalue weighted by atomic mass is 15.3. The molecule has 0 amide bonds. The first-order valence-electron chi connectivity index (χ1n) is 6.33. The van der Waals surface area contributed by atoms with Crippen molar-refractivity contribution in [3.05, 3.63) is 17.5 Å². The maximum absolute atomic E-state index is 4.45. The molecule has 0 radical (unpaired) electrons. The van der Waals surface area contributed by atoms with E-state index in [1.54, 1.807) is 0 Å². The average molecular weight is 223 g/mol. The van der Waals surface area contributed by atoms with Crippen LogP contribution in [-0.4, -0.2) is 15.8 Å². The van der Waals surface area contributed by atoms with Gasteiger partial charge in [-0.05, 0) is 25.3 Å². The third-order valence-electron chi connectivity index (χ3n) is 3.49. The van der Waals surface area contributed by atoms with E-state index in [2.05, 4.69) is 44.2 Å². The number of hydrogen-bond donors (Lipinski definition) is 1. The van der Waals surface area contributed by atoms with Crippen molar-refractivity contribution in [2.75, 3.05) is 0 Å². The molecule has 3 nitrogen and oxygen atoms in total. The Kier molecular flexibility index (Phi) is 5.00. The van der Waals surface area contributed by atoms with Crippen LogP contribution < -0.4 is 5.32 Å². The van der Waals surface area contributed by atoms with E-state index in [9.17, 15) is 0 Å². The van der Waals surface area contributed by atoms with Crippen LogP contribution in [0.2, 0.25) is 0 Å². The van der Waals surface area contributed by atoms with E-state index in [0.717, 1.165) is 18.9 Å². The highest BCUT2D eigenvalue weighted by molar-refractivity contribution is 5.10. The Morgan fingerprint density at radius 2 is 2.06 bits per heavy atom. The molecule has 92 valence electrons. The van der Waals surface area contributed by atoms with Crippen LogP contribution in [-0.2, 0) is 20.0 Å². The van der Waals surface area contributed by atoms with Gasteiger partial charge in [0.1, 0.15) is 0 Å². The van der Waals surface area contributed by atoms with E-state index in [1.807, 2.05) is 11.7 Å². The number of aromatic nitrogens is 2. The predicted octanol–water partition coefficient (Wildman–Crippen LogP) is 2.51. The number of nitrogens with zero attached hydrogens (tertiary/aromatic N) is 2. The summed E-state index contributed by atoms with van der Waals surface area (Å²) in [7, 11) is 2.02. The molecule has 0 aromatic carbocycles. The summed E-state index contributed by atoms with van der Waals surface area (Å²) in [5.74, 6) is 0.721. The second-order valence-electron chi connectivity index (χ2n) is 4.66. The van der Waals surface area contributed by atoms with Gasteiger partial charge < -0.3 is 5.32 Å². The van der Waals surface area contributed by atoms with Gasteiger partial charge in [-0.1, -0.05) is 27.2 Å². The van der Waals surface area contributed by atoms with Crippen molar-refractivity contribution in [2.45, 2.75) is 53.1 Å². The highest BCUT2D eigenvalue weighted by Crippen LogP contribution is 2.09. The van der Waals surface area contributed by atoms with Gasteiger partial charge >= 0.3 is 0 Å². The quantitative estimate of drug-likeness (QED) is 0.803. The third kappa shape index (κ3) is 3.34. The van der Waals surface area contributed by atoms with Gasteiger partial charge in [0.05, 0.1) is 11.4 Å². The first-order valence-corrected chi connectivity index (χ1v) is 6.33. The van der Waals surface area contributed by atoms with E-state index in [0.29, 0.717) is 6.04 Å². The standard InChI is InChI=1S/C13H25N3/c1-6-10(3)11(4)14-9-13-8-12(7-2)15-16(13)5/h8,10-11,14H,6-7,9H2,1-5H3. The Morgan fingerprint density at radius 3 is 2.56 bits per heavy atom. The lowest BCUT2D eigenvalue weighted by atomic mass is 10.0. The maximum atomic E-state index is 4.45. The van der Waals surface area contributed by atoms with Crippen LogP contribution in [0.4, 0.5) is 0 Å². The zero-order valence-corrected chi connectivity index (χ0v) is 11.2. The van der Waals surface area contributed by atoms with Gasteiger partial charge in [-0.25, -0.2) is 0 Å². The Bertz CT molecular complexity index is 317. The normalized spacial score (nSPS) is 15.1. The van der Waals surface area contributed by atoms with Gasteiger partial charge in [-0.3, -0.25) is 4.68 Å². The molecule has 2 unspecified atom stereocenters. The summed E-state index contributed by atoms with van der Waals surface area (Å²) in [5.41, 5.74) is 2.45. The minimum absolute atomic E-state index is 0.560. The summed E-state index contributed by atoms with van der Waals surface area (Å²) < 4.78 is 1.98. The molecule has 16 heavy (non-hydrogen) atoms. The van der Waals surface area contributed by atoms with Crippen molar-refractivity contribution in [3.8, 4) is 0 Å². The Balaban J connectivity index is 2.50. The lowest BCUT2D eigenvalue weighted by Gasteiger charge is -2.19. The Morgan fingerprint density at radius 1 is 1.38 bits per heavy atom. The molecule has 0 fully saturated rings. The van der Waals surface area contributed by atoms with Gasteiger partial charge in [0.15, 0.2) is 0 Å². The SMILES string of the molecule is CCc1cc(CNC(C)C(C)CC)n(C)n1. The summed E-state index contributed by atoms with van der Waals surface area (Å²) in [6.45, 7) is 9.84. The summed E-state index contributed by atoms with van der Waals surface area (Å²) in [6, 6.07) is 2.75. The summed E-state index contributed by atoms with van der Waals surface area (Å²) in [4.78, 5) is 0. The molecule has 0 saturated carbocycles. The van der Waals surface area contributed by atoms with Gasteiger partial charge in [0.2, 0.25) is 0 Å². The van der Waals surface area contributed by atoms with E-state index >= 15 is 0 Å². The van der Waals surface area contributed by atoms with Crippen molar-refractivity contribution in [1.29, 1.82) is 0 Å². The molecule has 1 aromatic heterocycles. The smallest absolute Gasteiger partial charge is 0.0625 e. The molecule has 1 heterocycles. The topological polar surface area (TPSA) is 29.9 Å².